The highest BCUT2D eigenvalue weighted by atomic mass is 15.3. The maximum Gasteiger partial charge on any atom is 0.154 e. The van der Waals surface area contributed by atoms with Crippen LogP contribution in [0.5, 0.6) is 0 Å². The van der Waals surface area contributed by atoms with Gasteiger partial charge in [0.2, 0.25) is 0 Å². The number of nitrogens with two attached hydrogens (primary N) is 1. The van der Waals surface area contributed by atoms with E-state index in [9.17, 15) is 0 Å². The van der Waals surface area contributed by atoms with Gasteiger partial charge in [-0.05, 0) is 31.4 Å². The summed E-state index contributed by atoms with van der Waals surface area (Å²) in [4.78, 5) is 6.99. The summed E-state index contributed by atoms with van der Waals surface area (Å²) in [6.07, 6.45) is 6.09. The van der Waals surface area contributed by atoms with E-state index in [4.69, 9.17) is 10.8 Å². The van der Waals surface area contributed by atoms with Crippen molar-refractivity contribution in [1.29, 1.82) is 0 Å². The predicted molar refractivity (Wildman–Crippen MR) is 85.7 cm³/mol. The van der Waals surface area contributed by atoms with Gasteiger partial charge in [-0.3, -0.25) is 0 Å². The molecule has 3 rings (SSSR count). The summed E-state index contributed by atoms with van der Waals surface area (Å²) in [6.45, 7) is 9.46. The molecular weight excluding hydrogens is 262 g/mol. The molecule has 5 heteroatoms. The number of nitrogens with zero attached hydrogens (tertiary/aromatic N) is 4. The van der Waals surface area contributed by atoms with E-state index in [1.54, 1.807) is 0 Å². The van der Waals surface area contributed by atoms with Gasteiger partial charge >= 0.3 is 0 Å². The minimum atomic E-state index is 0.0520. The van der Waals surface area contributed by atoms with Gasteiger partial charge in [-0.15, -0.1) is 0 Å². The molecule has 2 aromatic heterocycles. The third-order valence-electron chi connectivity index (χ3n) is 4.30. The van der Waals surface area contributed by atoms with Crippen LogP contribution in [0.15, 0.2) is 18.5 Å². The zero-order valence-corrected chi connectivity index (χ0v) is 13.2. The van der Waals surface area contributed by atoms with Crippen LogP contribution in [0.25, 0.3) is 5.52 Å². The predicted octanol–water partition coefficient (Wildman–Crippen LogP) is 2.20. The highest BCUT2D eigenvalue weighted by molar-refractivity contribution is 5.69. The molecule has 0 aliphatic carbocycles. The molecule has 1 unspecified atom stereocenters. The van der Waals surface area contributed by atoms with E-state index < -0.39 is 0 Å². The second kappa shape index (κ2) is 5.30. The Hall–Kier alpha value is -1.62. The van der Waals surface area contributed by atoms with Crippen molar-refractivity contribution in [3.05, 3.63) is 24.2 Å². The van der Waals surface area contributed by atoms with Gasteiger partial charge in [0.05, 0.1) is 5.69 Å². The van der Waals surface area contributed by atoms with Gasteiger partial charge in [-0.2, -0.15) is 5.10 Å². The normalized spacial score (nSPS) is 19.6. The van der Waals surface area contributed by atoms with Crippen LogP contribution in [0.2, 0.25) is 0 Å². The molecule has 5 nitrogen and oxygen atoms in total. The molecule has 0 spiro atoms. The molecule has 2 aromatic rings. The van der Waals surface area contributed by atoms with E-state index in [1.165, 1.54) is 6.42 Å². The van der Waals surface area contributed by atoms with E-state index in [0.29, 0.717) is 5.92 Å². The standard InChI is InChI=1S/C16H25N5/c1-16(2,3)14-10-13-15(18-7-9-21(13)19-14)20-8-5-12(11-20)4-6-17/h7,9-10,12H,4-6,8,11,17H2,1-3H3. The molecule has 114 valence electrons. The van der Waals surface area contributed by atoms with Gasteiger partial charge in [0.15, 0.2) is 5.82 Å². The monoisotopic (exact) mass is 287 g/mol. The van der Waals surface area contributed by atoms with Crippen LogP contribution in [-0.4, -0.2) is 34.2 Å². The number of fused-ring (bicyclic) bond motifs is 1. The minimum Gasteiger partial charge on any atom is -0.355 e. The summed E-state index contributed by atoms with van der Waals surface area (Å²) in [7, 11) is 0. The smallest absolute Gasteiger partial charge is 0.154 e. The Morgan fingerprint density at radius 2 is 2.19 bits per heavy atom. The molecule has 1 aliphatic heterocycles. The molecule has 0 saturated carbocycles. The van der Waals surface area contributed by atoms with Crippen LogP contribution < -0.4 is 10.6 Å². The maximum atomic E-state index is 5.69. The lowest BCUT2D eigenvalue weighted by Crippen LogP contribution is -2.22. The molecule has 0 bridgehead atoms. The van der Waals surface area contributed by atoms with Gasteiger partial charge in [0.1, 0.15) is 5.52 Å². The third kappa shape index (κ3) is 2.75. The highest BCUT2D eigenvalue weighted by Crippen LogP contribution is 2.29. The van der Waals surface area contributed by atoms with Gasteiger partial charge in [0.25, 0.3) is 0 Å². The summed E-state index contributed by atoms with van der Waals surface area (Å²) in [6, 6.07) is 2.18. The Balaban J connectivity index is 1.94. The van der Waals surface area contributed by atoms with E-state index in [0.717, 1.165) is 43.1 Å². The largest absolute Gasteiger partial charge is 0.355 e. The molecule has 1 saturated heterocycles. The van der Waals surface area contributed by atoms with E-state index in [2.05, 4.69) is 36.7 Å². The zero-order chi connectivity index (χ0) is 15.0. The van der Waals surface area contributed by atoms with Crippen LogP contribution in [0.3, 0.4) is 0 Å². The lowest BCUT2D eigenvalue weighted by Gasteiger charge is -2.18. The third-order valence-corrected chi connectivity index (χ3v) is 4.30. The Morgan fingerprint density at radius 1 is 1.38 bits per heavy atom. The molecule has 21 heavy (non-hydrogen) atoms. The lowest BCUT2D eigenvalue weighted by molar-refractivity contribution is 0.546. The highest BCUT2D eigenvalue weighted by Gasteiger charge is 2.26. The lowest BCUT2D eigenvalue weighted by atomic mass is 9.92. The van der Waals surface area contributed by atoms with Gasteiger partial charge < -0.3 is 10.6 Å². The van der Waals surface area contributed by atoms with Crippen molar-refractivity contribution in [3.63, 3.8) is 0 Å². The summed E-state index contributed by atoms with van der Waals surface area (Å²) in [5.74, 6) is 1.75. The first-order chi connectivity index (χ1) is 9.99. The topological polar surface area (TPSA) is 59.5 Å². The van der Waals surface area contributed by atoms with Crippen molar-refractivity contribution in [2.75, 3.05) is 24.5 Å². The van der Waals surface area contributed by atoms with E-state index in [-0.39, 0.29) is 5.41 Å². The molecule has 0 amide bonds. The van der Waals surface area contributed by atoms with Crippen LogP contribution in [0.4, 0.5) is 5.82 Å². The second-order valence-corrected chi connectivity index (χ2v) is 7.04. The minimum absolute atomic E-state index is 0.0520. The fourth-order valence-corrected chi connectivity index (χ4v) is 3.01. The Morgan fingerprint density at radius 3 is 2.90 bits per heavy atom. The molecule has 1 fully saturated rings. The molecule has 1 atom stereocenters. The Bertz CT molecular complexity index is 625. The van der Waals surface area contributed by atoms with Crippen molar-refractivity contribution in [2.24, 2.45) is 11.7 Å². The number of hydrogen-bond donors (Lipinski definition) is 1. The van der Waals surface area contributed by atoms with Crippen molar-refractivity contribution in [2.45, 2.75) is 39.0 Å². The van der Waals surface area contributed by atoms with Gasteiger partial charge in [-0.25, -0.2) is 9.50 Å². The zero-order valence-electron chi connectivity index (χ0n) is 13.2. The molecule has 0 aromatic carbocycles. The van der Waals surface area contributed by atoms with Crippen LogP contribution in [0.1, 0.15) is 39.3 Å². The van der Waals surface area contributed by atoms with Crippen LogP contribution >= 0.6 is 0 Å². The molecule has 2 N–H and O–H groups in total. The first kappa shape index (κ1) is 14.3. The molecule has 3 heterocycles. The Labute approximate surface area is 126 Å². The second-order valence-electron chi connectivity index (χ2n) is 7.04. The Kier molecular flexibility index (Phi) is 3.61. The average molecular weight is 287 g/mol. The summed E-state index contributed by atoms with van der Waals surface area (Å²) in [5, 5.41) is 4.70. The summed E-state index contributed by atoms with van der Waals surface area (Å²) < 4.78 is 1.96. The number of aromatic nitrogens is 3. The fourth-order valence-electron chi connectivity index (χ4n) is 3.01. The van der Waals surface area contributed by atoms with Gasteiger partial charge in [0, 0.05) is 30.9 Å². The number of anilines is 1. The molecular formula is C16H25N5. The average Bonchev–Trinajstić information content (AvgIpc) is 3.03. The number of hydrogen-bond acceptors (Lipinski definition) is 4. The first-order valence-electron chi connectivity index (χ1n) is 7.79. The van der Waals surface area contributed by atoms with Crippen molar-refractivity contribution < 1.29 is 0 Å². The fraction of sp³-hybridized carbons (Fsp3) is 0.625. The van der Waals surface area contributed by atoms with Gasteiger partial charge in [-0.1, -0.05) is 20.8 Å². The number of rotatable bonds is 3. The maximum absolute atomic E-state index is 5.69. The SMILES string of the molecule is CC(C)(C)c1cc2c(N3CCC(CCN)C3)nccn2n1. The van der Waals surface area contributed by atoms with Crippen molar-refractivity contribution in [1.82, 2.24) is 14.6 Å². The molecule has 1 aliphatic rings. The molecule has 0 radical (unpaired) electrons. The van der Waals surface area contributed by atoms with Crippen LogP contribution in [-0.2, 0) is 5.41 Å². The quantitative estimate of drug-likeness (QED) is 0.940. The summed E-state index contributed by atoms with van der Waals surface area (Å²) >= 11 is 0. The van der Waals surface area contributed by atoms with Crippen LogP contribution in [0, 0.1) is 5.92 Å². The van der Waals surface area contributed by atoms with E-state index in [1.807, 2.05) is 16.9 Å². The summed E-state index contributed by atoms with van der Waals surface area (Å²) in [5.41, 5.74) is 7.95. The van der Waals surface area contributed by atoms with Crippen molar-refractivity contribution in [3.8, 4) is 0 Å². The van der Waals surface area contributed by atoms with Crippen molar-refractivity contribution >= 4 is 11.3 Å². The van der Waals surface area contributed by atoms with E-state index >= 15 is 0 Å². The first-order valence-corrected chi connectivity index (χ1v) is 7.79.